The second-order valence-corrected chi connectivity index (χ2v) is 8.18. The van der Waals surface area contributed by atoms with E-state index in [9.17, 15) is 8.42 Å². The summed E-state index contributed by atoms with van der Waals surface area (Å²) in [5.41, 5.74) is 5.64. The van der Waals surface area contributed by atoms with Crippen molar-refractivity contribution in [1.82, 2.24) is 4.72 Å². The van der Waals surface area contributed by atoms with Crippen LogP contribution in [0, 0.1) is 5.41 Å². The maximum absolute atomic E-state index is 12.3. The number of nitrogens with one attached hydrogen (secondary N) is 1. The van der Waals surface area contributed by atoms with E-state index >= 15 is 0 Å². The van der Waals surface area contributed by atoms with Crippen LogP contribution in [0.25, 0.3) is 0 Å². The summed E-state index contributed by atoms with van der Waals surface area (Å²) in [6.07, 6.45) is 2.75. The van der Waals surface area contributed by atoms with Gasteiger partial charge in [0.25, 0.3) is 0 Å². The smallest absolute Gasteiger partial charge is 0.245 e. The van der Waals surface area contributed by atoms with Gasteiger partial charge in [-0.1, -0.05) is 13.8 Å². The molecule has 1 aliphatic rings. The van der Waals surface area contributed by atoms with Gasteiger partial charge >= 0.3 is 0 Å². The largest absolute Gasteiger partial charge is 0.452 e. The Labute approximate surface area is 122 Å². The lowest BCUT2D eigenvalue weighted by atomic mass is 9.92. The number of nitrogens with two attached hydrogens (primary N) is 1. The number of furan rings is 1. The normalized spacial score (nSPS) is 22.8. The fourth-order valence-corrected chi connectivity index (χ4v) is 4.77. The molecule has 0 radical (unpaired) electrons. The summed E-state index contributed by atoms with van der Waals surface area (Å²) in [4.78, 5) is 0.123. The quantitative estimate of drug-likeness (QED) is 0.872. The van der Waals surface area contributed by atoms with Crippen molar-refractivity contribution in [1.29, 1.82) is 0 Å². The molecule has 5 nitrogen and oxygen atoms in total. The third-order valence-corrected chi connectivity index (χ3v) is 5.86. The fourth-order valence-electron chi connectivity index (χ4n) is 2.50. The molecular formula is C12H19BrN2O3S. The molecule has 3 N–H and O–H groups in total. The van der Waals surface area contributed by atoms with Crippen LogP contribution in [0.4, 0.5) is 0 Å². The first-order chi connectivity index (χ1) is 8.73. The summed E-state index contributed by atoms with van der Waals surface area (Å²) in [7, 11) is -3.56. The fraction of sp³-hybridized carbons (Fsp3) is 0.667. The van der Waals surface area contributed by atoms with E-state index in [0.29, 0.717) is 5.76 Å². The van der Waals surface area contributed by atoms with Crippen molar-refractivity contribution >= 4 is 26.0 Å². The molecule has 1 aliphatic carbocycles. The minimum Gasteiger partial charge on any atom is -0.452 e. The Hall–Kier alpha value is -0.370. The lowest BCUT2D eigenvalue weighted by molar-refractivity contribution is 0.372. The lowest BCUT2D eigenvalue weighted by Gasteiger charge is -2.17. The summed E-state index contributed by atoms with van der Waals surface area (Å²) in [6.45, 7) is 4.48. The van der Waals surface area contributed by atoms with Gasteiger partial charge in [0.15, 0.2) is 4.67 Å². The molecule has 1 fully saturated rings. The van der Waals surface area contributed by atoms with Gasteiger partial charge in [-0.2, -0.15) is 0 Å². The van der Waals surface area contributed by atoms with Crippen LogP contribution in [0.1, 0.15) is 38.9 Å². The van der Waals surface area contributed by atoms with Gasteiger partial charge in [0, 0.05) is 12.1 Å². The van der Waals surface area contributed by atoms with Gasteiger partial charge < -0.3 is 10.2 Å². The third-order valence-electron chi connectivity index (χ3n) is 3.49. The van der Waals surface area contributed by atoms with Crippen LogP contribution < -0.4 is 10.5 Å². The van der Waals surface area contributed by atoms with Crippen LogP contribution in [0.2, 0.25) is 0 Å². The zero-order chi connectivity index (χ0) is 14.3. The van der Waals surface area contributed by atoms with Gasteiger partial charge in [-0.15, -0.1) is 0 Å². The van der Waals surface area contributed by atoms with Gasteiger partial charge in [-0.3, -0.25) is 0 Å². The Morgan fingerprint density at radius 2 is 2.26 bits per heavy atom. The van der Waals surface area contributed by atoms with E-state index in [2.05, 4.69) is 34.5 Å². The number of halogens is 1. The summed E-state index contributed by atoms with van der Waals surface area (Å²) in [6, 6.07) is 1.45. The van der Waals surface area contributed by atoms with Crippen LogP contribution in [0.3, 0.4) is 0 Å². The van der Waals surface area contributed by atoms with E-state index in [0.717, 1.165) is 19.3 Å². The molecule has 1 unspecified atom stereocenters. The first-order valence-corrected chi connectivity index (χ1v) is 8.52. The van der Waals surface area contributed by atoms with E-state index < -0.39 is 10.0 Å². The molecule has 0 amide bonds. The van der Waals surface area contributed by atoms with Crippen molar-refractivity contribution in [3.63, 3.8) is 0 Å². The van der Waals surface area contributed by atoms with Crippen LogP contribution in [-0.2, 0) is 16.6 Å². The summed E-state index contributed by atoms with van der Waals surface area (Å²) < 4.78 is 32.8. The molecule has 1 heterocycles. The Bertz CT molecular complexity index is 566. The van der Waals surface area contributed by atoms with E-state index in [1.807, 2.05) is 0 Å². The molecule has 108 valence electrons. The van der Waals surface area contributed by atoms with Gasteiger partial charge in [-0.05, 0) is 40.6 Å². The SMILES string of the molecule is CC1(C)CCC(NS(=O)(=O)c2cc(CN)oc2Br)C1. The predicted octanol–water partition coefficient (Wildman–Crippen LogP) is 2.36. The number of hydrogen-bond donors (Lipinski definition) is 2. The van der Waals surface area contributed by atoms with E-state index in [1.165, 1.54) is 6.07 Å². The highest BCUT2D eigenvalue weighted by molar-refractivity contribution is 9.10. The summed E-state index contributed by atoms with van der Waals surface area (Å²) >= 11 is 3.12. The van der Waals surface area contributed by atoms with Crippen LogP contribution in [0.15, 0.2) is 20.0 Å². The average molecular weight is 351 g/mol. The maximum atomic E-state index is 12.3. The Balaban J connectivity index is 2.16. The molecule has 0 bridgehead atoms. The summed E-state index contributed by atoms with van der Waals surface area (Å²) in [5.74, 6) is 0.444. The van der Waals surface area contributed by atoms with Crippen LogP contribution in [0.5, 0.6) is 0 Å². The van der Waals surface area contributed by atoms with Gasteiger partial charge in [0.1, 0.15) is 10.7 Å². The zero-order valence-electron chi connectivity index (χ0n) is 11.1. The first-order valence-electron chi connectivity index (χ1n) is 6.24. The number of hydrogen-bond acceptors (Lipinski definition) is 4. The Morgan fingerprint density at radius 3 is 2.74 bits per heavy atom. The van der Waals surface area contributed by atoms with Gasteiger partial charge in [0.05, 0.1) is 6.54 Å². The molecule has 0 aromatic carbocycles. The molecule has 1 saturated carbocycles. The number of rotatable bonds is 4. The van der Waals surface area contributed by atoms with Crippen LogP contribution in [-0.4, -0.2) is 14.5 Å². The van der Waals surface area contributed by atoms with E-state index in [-0.39, 0.29) is 27.6 Å². The minimum atomic E-state index is -3.56. The van der Waals surface area contributed by atoms with E-state index in [4.69, 9.17) is 10.2 Å². The highest BCUT2D eigenvalue weighted by atomic mass is 79.9. The van der Waals surface area contributed by atoms with Crippen molar-refractivity contribution < 1.29 is 12.8 Å². The molecule has 2 rings (SSSR count). The third kappa shape index (κ3) is 3.39. The topological polar surface area (TPSA) is 85.3 Å². The highest BCUT2D eigenvalue weighted by Gasteiger charge is 2.34. The van der Waals surface area contributed by atoms with Crippen molar-refractivity contribution in [2.24, 2.45) is 11.1 Å². The van der Waals surface area contributed by atoms with Crippen molar-refractivity contribution in [2.75, 3.05) is 0 Å². The average Bonchev–Trinajstić information content (AvgIpc) is 2.81. The van der Waals surface area contributed by atoms with Gasteiger partial charge in [0.2, 0.25) is 10.0 Å². The van der Waals surface area contributed by atoms with E-state index in [1.54, 1.807) is 0 Å². The zero-order valence-corrected chi connectivity index (χ0v) is 13.5. The number of sulfonamides is 1. The minimum absolute atomic E-state index is 0.0110. The molecule has 0 spiro atoms. The second kappa shape index (κ2) is 5.20. The maximum Gasteiger partial charge on any atom is 0.245 e. The molecule has 7 heteroatoms. The van der Waals surface area contributed by atoms with Gasteiger partial charge in [-0.25, -0.2) is 13.1 Å². The monoisotopic (exact) mass is 350 g/mol. The molecule has 1 aromatic rings. The Morgan fingerprint density at radius 1 is 1.58 bits per heavy atom. The Kier molecular flexibility index (Phi) is 4.11. The lowest BCUT2D eigenvalue weighted by Crippen LogP contribution is -2.33. The molecule has 1 aromatic heterocycles. The predicted molar refractivity (Wildman–Crippen MR) is 76.0 cm³/mol. The standard InChI is InChI=1S/C12H19BrN2O3S/c1-12(2)4-3-8(6-12)15-19(16,17)10-5-9(7-14)18-11(10)13/h5,8,15H,3-4,6-7,14H2,1-2H3. The molecule has 19 heavy (non-hydrogen) atoms. The van der Waals surface area contributed by atoms with Crippen molar-refractivity contribution in [2.45, 2.75) is 50.6 Å². The molecular weight excluding hydrogens is 332 g/mol. The second-order valence-electron chi connectivity index (χ2n) is 5.78. The summed E-state index contributed by atoms with van der Waals surface area (Å²) in [5, 5.41) is 0. The molecule has 1 atom stereocenters. The first kappa shape index (κ1) is 15.0. The van der Waals surface area contributed by atoms with Crippen molar-refractivity contribution in [3.05, 3.63) is 16.5 Å². The molecule has 0 saturated heterocycles. The van der Waals surface area contributed by atoms with Crippen molar-refractivity contribution in [3.8, 4) is 0 Å². The molecule has 0 aliphatic heterocycles. The van der Waals surface area contributed by atoms with Crippen LogP contribution >= 0.6 is 15.9 Å². The highest BCUT2D eigenvalue weighted by Crippen LogP contribution is 2.38.